The number of hydrogen-bond acceptors (Lipinski definition) is 5. The molecule has 42 heavy (non-hydrogen) atoms. The quantitative estimate of drug-likeness (QED) is 0.137. The average molecular weight is 578 g/mol. The predicted molar refractivity (Wildman–Crippen MR) is 162 cm³/mol. The monoisotopic (exact) mass is 577 g/mol. The van der Waals surface area contributed by atoms with Gasteiger partial charge in [-0.2, -0.15) is 0 Å². The van der Waals surface area contributed by atoms with Gasteiger partial charge in [0, 0.05) is 13.2 Å². The zero-order valence-corrected chi connectivity index (χ0v) is 24.2. The van der Waals surface area contributed by atoms with E-state index in [0.29, 0.717) is 13.0 Å². The van der Waals surface area contributed by atoms with Crippen LogP contribution in [0.5, 0.6) is 0 Å². The Balaban J connectivity index is 1.38. The molecule has 8 nitrogen and oxygen atoms in total. The highest BCUT2D eigenvalue weighted by Crippen LogP contribution is 2.17. The first kappa shape index (κ1) is 32.8. The molecule has 0 aliphatic heterocycles. The molecule has 3 aromatic carbocycles. The Labute approximate surface area is 248 Å². The van der Waals surface area contributed by atoms with Gasteiger partial charge in [-0.15, -0.1) is 0 Å². The molecule has 0 spiro atoms. The number of hydrogen-bond donors (Lipinski definition) is 3. The second-order valence-corrected chi connectivity index (χ2v) is 10.5. The van der Waals surface area contributed by atoms with E-state index in [9.17, 15) is 19.5 Å². The number of carbonyl (C=O) groups is 3. The van der Waals surface area contributed by atoms with Gasteiger partial charge in [0.25, 0.3) is 5.91 Å². The van der Waals surface area contributed by atoms with Gasteiger partial charge in [-0.3, -0.25) is 4.79 Å². The number of rotatable bonds is 21. The van der Waals surface area contributed by atoms with Crippen LogP contribution in [-0.2, 0) is 36.7 Å². The largest absolute Gasteiger partial charge is 0.480 e. The molecule has 0 bridgehead atoms. The molecular weight excluding hydrogens is 534 g/mol. The summed E-state index contributed by atoms with van der Waals surface area (Å²) in [7, 11) is 0. The van der Waals surface area contributed by atoms with E-state index in [4.69, 9.17) is 14.6 Å². The fraction of sp³-hybridized carbons (Fsp3) is 0.441. The van der Waals surface area contributed by atoms with E-state index < -0.39 is 36.7 Å². The standard InChI is InChI=1S/C34H43NO7/c36-30(37)25-42-32(34(39)40)31(41-23-13-3-1-2-6-14-26-15-7-4-8-16-26)33(38)35-22-12-5-9-17-27-20-21-28-18-10-11-19-29(28)24-27/h4,7-8,10-11,15-16,18-21,24,31-32H,1-3,5-6,9,12-14,17,22-23,25H2,(H,35,38)(H,36,37)(H,39,40). The number of ether oxygens (including phenoxy) is 2. The van der Waals surface area contributed by atoms with Gasteiger partial charge in [-0.05, 0) is 60.4 Å². The molecule has 0 aliphatic rings. The minimum atomic E-state index is -1.71. The summed E-state index contributed by atoms with van der Waals surface area (Å²) in [6.07, 6.45) is 6.10. The molecule has 0 saturated carbocycles. The van der Waals surface area contributed by atoms with Crippen molar-refractivity contribution in [1.82, 2.24) is 5.32 Å². The number of amides is 1. The zero-order valence-electron chi connectivity index (χ0n) is 24.2. The van der Waals surface area contributed by atoms with E-state index in [1.807, 2.05) is 30.3 Å². The van der Waals surface area contributed by atoms with E-state index in [1.165, 1.54) is 21.9 Å². The van der Waals surface area contributed by atoms with E-state index in [2.05, 4.69) is 47.8 Å². The minimum absolute atomic E-state index is 0.183. The van der Waals surface area contributed by atoms with Crippen molar-refractivity contribution in [1.29, 1.82) is 0 Å². The van der Waals surface area contributed by atoms with Crippen LogP contribution in [0.4, 0.5) is 0 Å². The molecule has 0 fully saturated rings. The van der Waals surface area contributed by atoms with Crippen LogP contribution in [0.15, 0.2) is 72.8 Å². The lowest BCUT2D eigenvalue weighted by Gasteiger charge is -2.23. The van der Waals surface area contributed by atoms with Crippen molar-refractivity contribution in [2.24, 2.45) is 0 Å². The topological polar surface area (TPSA) is 122 Å². The molecule has 2 unspecified atom stereocenters. The van der Waals surface area contributed by atoms with Gasteiger partial charge >= 0.3 is 11.9 Å². The third kappa shape index (κ3) is 12.0. The second-order valence-electron chi connectivity index (χ2n) is 10.5. The van der Waals surface area contributed by atoms with Crippen molar-refractivity contribution in [2.45, 2.75) is 76.4 Å². The van der Waals surface area contributed by atoms with E-state index in [0.717, 1.165) is 57.8 Å². The summed E-state index contributed by atoms with van der Waals surface area (Å²) >= 11 is 0. The molecule has 0 saturated heterocycles. The van der Waals surface area contributed by atoms with Gasteiger partial charge in [0.15, 0.2) is 12.2 Å². The van der Waals surface area contributed by atoms with Crippen LogP contribution in [0.1, 0.15) is 62.5 Å². The molecule has 3 rings (SSSR count). The number of benzene rings is 3. The molecule has 8 heteroatoms. The fourth-order valence-corrected chi connectivity index (χ4v) is 4.90. The Hall–Kier alpha value is -3.75. The van der Waals surface area contributed by atoms with E-state index >= 15 is 0 Å². The summed E-state index contributed by atoms with van der Waals surface area (Å²) in [5, 5.41) is 23.8. The highest BCUT2D eigenvalue weighted by molar-refractivity contribution is 5.88. The predicted octanol–water partition coefficient (Wildman–Crippen LogP) is 5.80. The molecule has 3 N–H and O–H groups in total. The minimum Gasteiger partial charge on any atom is -0.480 e. The number of fused-ring (bicyclic) bond motifs is 1. The second kappa shape index (κ2) is 18.6. The first-order valence-electron chi connectivity index (χ1n) is 14.9. The molecule has 0 radical (unpaired) electrons. The van der Waals surface area contributed by atoms with Gasteiger partial charge in [0.05, 0.1) is 0 Å². The number of carbonyl (C=O) groups excluding carboxylic acids is 1. The molecule has 2 atom stereocenters. The molecule has 3 aromatic rings. The van der Waals surface area contributed by atoms with Crippen LogP contribution in [0.2, 0.25) is 0 Å². The summed E-state index contributed by atoms with van der Waals surface area (Å²) in [6, 6.07) is 25.0. The van der Waals surface area contributed by atoms with Crippen molar-refractivity contribution < 1.29 is 34.1 Å². The van der Waals surface area contributed by atoms with E-state index in [-0.39, 0.29) is 6.61 Å². The molecule has 0 aliphatic carbocycles. The third-order valence-electron chi connectivity index (χ3n) is 7.17. The first-order valence-corrected chi connectivity index (χ1v) is 14.9. The van der Waals surface area contributed by atoms with Crippen molar-refractivity contribution in [2.75, 3.05) is 19.8 Å². The fourth-order valence-electron chi connectivity index (χ4n) is 4.90. The van der Waals surface area contributed by atoms with E-state index in [1.54, 1.807) is 0 Å². The van der Waals surface area contributed by atoms with Crippen LogP contribution in [0, 0.1) is 0 Å². The number of carboxylic acid groups (broad SMARTS) is 2. The normalized spacial score (nSPS) is 12.6. The number of aryl methyl sites for hydroxylation is 2. The van der Waals surface area contributed by atoms with Gasteiger partial charge < -0.3 is 25.0 Å². The third-order valence-corrected chi connectivity index (χ3v) is 7.17. The van der Waals surface area contributed by atoms with Crippen LogP contribution >= 0.6 is 0 Å². The van der Waals surface area contributed by atoms with Crippen molar-refractivity contribution in [3.63, 3.8) is 0 Å². The maximum atomic E-state index is 12.9. The number of aliphatic carboxylic acids is 2. The van der Waals surface area contributed by atoms with Gasteiger partial charge in [0.1, 0.15) is 6.61 Å². The molecular formula is C34H43NO7. The van der Waals surface area contributed by atoms with Crippen molar-refractivity contribution in [3.05, 3.63) is 83.9 Å². The summed E-state index contributed by atoms with van der Waals surface area (Å²) in [5.74, 6) is -3.36. The lowest BCUT2D eigenvalue weighted by atomic mass is 10.0. The summed E-state index contributed by atoms with van der Waals surface area (Å²) in [4.78, 5) is 35.7. The van der Waals surface area contributed by atoms with Crippen molar-refractivity contribution >= 4 is 28.6 Å². The van der Waals surface area contributed by atoms with Gasteiger partial charge in [-0.25, -0.2) is 9.59 Å². The Morgan fingerprint density at radius 3 is 2.02 bits per heavy atom. The van der Waals surface area contributed by atoms with Crippen LogP contribution in [0.3, 0.4) is 0 Å². The highest BCUT2D eigenvalue weighted by atomic mass is 16.6. The lowest BCUT2D eigenvalue weighted by Crippen LogP contribution is -2.49. The Kier molecular flexibility index (Phi) is 14.5. The van der Waals surface area contributed by atoms with Crippen LogP contribution in [-0.4, -0.2) is 60.0 Å². The van der Waals surface area contributed by atoms with Gasteiger partial charge in [0.2, 0.25) is 0 Å². The first-order chi connectivity index (χ1) is 20.4. The Morgan fingerprint density at radius 2 is 1.29 bits per heavy atom. The van der Waals surface area contributed by atoms with Gasteiger partial charge in [-0.1, -0.05) is 98.5 Å². The average Bonchev–Trinajstić information content (AvgIpc) is 2.99. The number of unbranched alkanes of at least 4 members (excludes halogenated alkanes) is 6. The summed E-state index contributed by atoms with van der Waals surface area (Å²) in [5.41, 5.74) is 2.59. The smallest absolute Gasteiger partial charge is 0.336 e. The summed E-state index contributed by atoms with van der Waals surface area (Å²) < 4.78 is 10.7. The Morgan fingerprint density at radius 1 is 0.643 bits per heavy atom. The SMILES string of the molecule is O=C(O)COC(C(=O)O)C(OCCCCCCCc1ccccc1)C(=O)NCCCCCc1ccc2ccccc2c1. The molecule has 0 aromatic heterocycles. The number of carboxylic acids is 2. The maximum absolute atomic E-state index is 12.9. The summed E-state index contributed by atoms with van der Waals surface area (Å²) in [6.45, 7) is -0.286. The molecule has 1 amide bonds. The van der Waals surface area contributed by atoms with Crippen LogP contribution < -0.4 is 5.32 Å². The Bertz CT molecular complexity index is 1250. The molecule has 0 heterocycles. The lowest BCUT2D eigenvalue weighted by molar-refractivity contribution is -0.172. The maximum Gasteiger partial charge on any atom is 0.336 e. The van der Waals surface area contributed by atoms with Crippen molar-refractivity contribution in [3.8, 4) is 0 Å². The highest BCUT2D eigenvalue weighted by Gasteiger charge is 2.36. The van der Waals surface area contributed by atoms with Crippen LogP contribution in [0.25, 0.3) is 10.8 Å². The molecule has 226 valence electrons. The number of nitrogens with one attached hydrogen (secondary N) is 1. The zero-order chi connectivity index (χ0) is 30.0.